The summed E-state index contributed by atoms with van der Waals surface area (Å²) in [5, 5.41) is 8.44. The number of nitrogens with one attached hydrogen (secondary N) is 1. The van der Waals surface area contributed by atoms with Gasteiger partial charge in [0.2, 0.25) is 0 Å². The second-order valence-corrected chi connectivity index (χ2v) is 7.76. The predicted octanol–water partition coefficient (Wildman–Crippen LogP) is 3.64. The van der Waals surface area contributed by atoms with Gasteiger partial charge in [-0.1, -0.05) is 32.0 Å². The van der Waals surface area contributed by atoms with Gasteiger partial charge in [0.15, 0.2) is 5.69 Å². The van der Waals surface area contributed by atoms with E-state index in [-0.39, 0.29) is 17.2 Å². The van der Waals surface area contributed by atoms with Crippen LogP contribution in [-0.4, -0.2) is 53.9 Å². The maximum atomic E-state index is 13.0. The maximum Gasteiger partial charge on any atom is 0.279 e. The van der Waals surface area contributed by atoms with E-state index in [0.717, 1.165) is 38.9 Å². The van der Waals surface area contributed by atoms with Crippen molar-refractivity contribution in [1.29, 1.82) is 0 Å². The van der Waals surface area contributed by atoms with Crippen molar-refractivity contribution in [2.45, 2.75) is 33.1 Å². The van der Waals surface area contributed by atoms with Crippen molar-refractivity contribution in [2.75, 3.05) is 33.3 Å². The van der Waals surface area contributed by atoms with E-state index >= 15 is 0 Å². The van der Waals surface area contributed by atoms with Crippen molar-refractivity contribution in [3.8, 4) is 11.4 Å². The Morgan fingerprint density at radius 3 is 2.28 bits per heavy atom. The van der Waals surface area contributed by atoms with Crippen LogP contribution in [0.5, 0.6) is 5.75 Å². The zero-order valence-corrected chi connectivity index (χ0v) is 19.1. The number of hydrogen-bond donors (Lipinski definition) is 1. The minimum atomic E-state index is -0.277. The highest BCUT2D eigenvalue weighted by Gasteiger charge is 2.17. The Morgan fingerprint density at radius 1 is 1.00 bits per heavy atom. The van der Waals surface area contributed by atoms with Crippen molar-refractivity contribution in [1.82, 2.24) is 20.0 Å². The first kappa shape index (κ1) is 23.5. The topological polar surface area (TPSA) is 76.5 Å². The van der Waals surface area contributed by atoms with Gasteiger partial charge in [0.05, 0.1) is 18.2 Å². The van der Waals surface area contributed by atoms with Crippen molar-refractivity contribution in [3.05, 3.63) is 64.6 Å². The van der Waals surface area contributed by atoms with E-state index in [1.807, 2.05) is 6.07 Å². The molecule has 3 rings (SSSR count). The molecular weight excluding hydrogens is 404 g/mol. The van der Waals surface area contributed by atoms with Gasteiger partial charge >= 0.3 is 0 Å². The van der Waals surface area contributed by atoms with Crippen molar-refractivity contribution in [2.24, 2.45) is 0 Å². The summed E-state index contributed by atoms with van der Waals surface area (Å²) in [6, 6.07) is 14.1. The van der Waals surface area contributed by atoms with E-state index < -0.39 is 0 Å². The molecule has 0 saturated heterocycles. The van der Waals surface area contributed by atoms with E-state index in [9.17, 15) is 9.59 Å². The van der Waals surface area contributed by atoms with Crippen LogP contribution in [0.4, 0.5) is 0 Å². The zero-order valence-electron chi connectivity index (χ0n) is 19.1. The van der Waals surface area contributed by atoms with Crippen molar-refractivity contribution in [3.63, 3.8) is 0 Å². The molecule has 7 nitrogen and oxygen atoms in total. The van der Waals surface area contributed by atoms with Gasteiger partial charge in [-0.25, -0.2) is 0 Å². The van der Waals surface area contributed by atoms with Crippen LogP contribution < -0.4 is 15.6 Å². The van der Waals surface area contributed by atoms with E-state index in [2.05, 4.69) is 29.2 Å². The van der Waals surface area contributed by atoms with Gasteiger partial charge in [0.25, 0.3) is 11.5 Å². The molecule has 7 heteroatoms. The van der Waals surface area contributed by atoms with Crippen LogP contribution in [0.1, 0.15) is 43.6 Å². The number of methoxy groups -OCH3 is 1. The molecule has 0 radical (unpaired) electrons. The summed E-state index contributed by atoms with van der Waals surface area (Å²) in [5.74, 6) is 0.404. The Balaban J connectivity index is 1.83. The molecule has 0 bridgehead atoms. The highest BCUT2D eigenvalue weighted by molar-refractivity contribution is 6.04. The average Bonchev–Trinajstić information content (AvgIpc) is 2.82. The second kappa shape index (κ2) is 11.4. The number of rotatable bonds is 11. The molecule has 0 fully saturated rings. The van der Waals surface area contributed by atoms with Crippen molar-refractivity contribution < 1.29 is 9.53 Å². The van der Waals surface area contributed by atoms with E-state index in [0.29, 0.717) is 28.8 Å². The Kier molecular flexibility index (Phi) is 8.39. The van der Waals surface area contributed by atoms with Crippen LogP contribution in [0, 0.1) is 0 Å². The smallest absolute Gasteiger partial charge is 0.279 e. The normalized spacial score (nSPS) is 11.1. The molecule has 1 amide bonds. The first-order valence-corrected chi connectivity index (χ1v) is 11.3. The summed E-state index contributed by atoms with van der Waals surface area (Å²) in [4.78, 5) is 28.5. The molecule has 0 aliphatic carbocycles. The number of carbonyl (C=O) groups is 1. The first-order chi connectivity index (χ1) is 15.6. The number of hydrogen-bond acceptors (Lipinski definition) is 5. The highest BCUT2D eigenvalue weighted by atomic mass is 16.5. The number of benzene rings is 2. The number of ether oxygens (including phenoxy) is 1. The van der Waals surface area contributed by atoms with E-state index in [1.54, 1.807) is 49.6 Å². The van der Waals surface area contributed by atoms with Gasteiger partial charge in [-0.2, -0.15) is 9.78 Å². The fourth-order valence-corrected chi connectivity index (χ4v) is 3.81. The van der Waals surface area contributed by atoms with Crippen LogP contribution in [0.15, 0.2) is 53.3 Å². The van der Waals surface area contributed by atoms with Gasteiger partial charge < -0.3 is 15.0 Å². The zero-order chi connectivity index (χ0) is 22.9. The quantitative estimate of drug-likeness (QED) is 0.465. The number of fused-ring (bicyclic) bond motifs is 1. The van der Waals surface area contributed by atoms with Gasteiger partial charge in [-0.15, -0.1) is 0 Å². The molecule has 3 aromatic rings. The van der Waals surface area contributed by atoms with Crippen molar-refractivity contribution >= 4 is 16.7 Å². The lowest BCUT2D eigenvalue weighted by atomic mass is 10.1. The molecule has 32 heavy (non-hydrogen) atoms. The molecule has 0 unspecified atom stereocenters. The molecule has 0 aliphatic heterocycles. The Bertz CT molecular complexity index is 1090. The third kappa shape index (κ3) is 5.53. The van der Waals surface area contributed by atoms with Gasteiger partial charge in [-0.3, -0.25) is 9.59 Å². The number of carbonyl (C=O) groups excluding carboxylic acids is 1. The number of aromatic nitrogens is 2. The third-order valence-electron chi connectivity index (χ3n) is 5.35. The number of nitrogens with zero attached hydrogens (tertiary/aromatic N) is 3. The minimum absolute atomic E-state index is 0.245. The van der Waals surface area contributed by atoms with Crippen LogP contribution in [0.25, 0.3) is 16.5 Å². The lowest BCUT2D eigenvalue weighted by molar-refractivity contribution is 0.0946. The van der Waals surface area contributed by atoms with Gasteiger partial charge in [-0.05, 0) is 69.2 Å². The molecule has 170 valence electrons. The molecule has 0 saturated carbocycles. The first-order valence-electron chi connectivity index (χ1n) is 11.3. The van der Waals surface area contributed by atoms with E-state index in [4.69, 9.17) is 4.74 Å². The van der Waals surface area contributed by atoms with Crippen LogP contribution in [0.3, 0.4) is 0 Å². The molecule has 2 aromatic carbocycles. The SMILES string of the molecule is CCCN(CCC)CCCNC(=O)c1nn(-c2ccc(OC)cc2)c(=O)c2ccccc12. The summed E-state index contributed by atoms with van der Waals surface area (Å²) in [6.45, 7) is 8.00. The average molecular weight is 437 g/mol. The van der Waals surface area contributed by atoms with Crippen LogP contribution in [0.2, 0.25) is 0 Å². The lowest BCUT2D eigenvalue weighted by Crippen LogP contribution is -2.33. The Hall–Kier alpha value is -3.19. The summed E-state index contributed by atoms with van der Waals surface area (Å²) < 4.78 is 6.47. The minimum Gasteiger partial charge on any atom is -0.497 e. The Morgan fingerprint density at radius 2 is 1.66 bits per heavy atom. The predicted molar refractivity (Wildman–Crippen MR) is 128 cm³/mol. The molecule has 1 heterocycles. The summed E-state index contributed by atoms with van der Waals surface area (Å²) >= 11 is 0. The molecule has 0 spiro atoms. The summed E-state index contributed by atoms with van der Waals surface area (Å²) in [6.07, 6.45) is 3.10. The van der Waals surface area contributed by atoms with E-state index in [1.165, 1.54) is 4.68 Å². The summed E-state index contributed by atoms with van der Waals surface area (Å²) in [7, 11) is 1.58. The molecule has 0 atom stereocenters. The molecular formula is C25H32N4O3. The largest absolute Gasteiger partial charge is 0.497 e. The third-order valence-corrected chi connectivity index (χ3v) is 5.35. The maximum absolute atomic E-state index is 13.0. The lowest BCUT2D eigenvalue weighted by Gasteiger charge is -2.20. The molecule has 1 N–H and O–H groups in total. The monoisotopic (exact) mass is 436 g/mol. The van der Waals surface area contributed by atoms with Gasteiger partial charge in [0.1, 0.15) is 5.75 Å². The second-order valence-electron chi connectivity index (χ2n) is 7.76. The summed E-state index contributed by atoms with van der Waals surface area (Å²) in [5.41, 5.74) is 0.553. The Labute approximate surface area is 189 Å². The van der Waals surface area contributed by atoms with Crippen LogP contribution >= 0.6 is 0 Å². The fourth-order valence-electron chi connectivity index (χ4n) is 3.81. The fraction of sp³-hybridized carbons (Fsp3) is 0.400. The molecule has 1 aromatic heterocycles. The molecule has 0 aliphatic rings. The highest BCUT2D eigenvalue weighted by Crippen LogP contribution is 2.17. The van der Waals surface area contributed by atoms with Crippen LogP contribution in [-0.2, 0) is 0 Å². The standard InChI is InChI=1S/C25H32N4O3/c1-4-16-28(17-5-2)18-8-15-26-24(30)23-21-9-6-7-10-22(21)25(31)29(27-23)19-11-13-20(32-3)14-12-19/h6-7,9-14H,4-5,8,15-18H2,1-3H3,(H,26,30). The van der Waals surface area contributed by atoms with Gasteiger partial charge in [0, 0.05) is 11.9 Å². The number of amides is 1.